The molecule has 0 bridgehead atoms. The van der Waals surface area contributed by atoms with E-state index in [-0.39, 0.29) is 6.61 Å². The van der Waals surface area contributed by atoms with E-state index in [1.54, 1.807) is 4.68 Å². The Kier molecular flexibility index (Phi) is 4.42. The van der Waals surface area contributed by atoms with Crippen molar-refractivity contribution in [3.05, 3.63) is 5.69 Å². The number of aliphatic hydroxyl groups excluding tert-OH is 1. The second-order valence-electron chi connectivity index (χ2n) is 3.59. The number of anilines is 2. The van der Waals surface area contributed by atoms with Gasteiger partial charge in [0, 0.05) is 20.2 Å². The second kappa shape index (κ2) is 5.60. The van der Waals surface area contributed by atoms with E-state index in [2.05, 4.69) is 17.3 Å². The van der Waals surface area contributed by atoms with E-state index in [0.717, 1.165) is 30.0 Å². The van der Waals surface area contributed by atoms with Gasteiger partial charge in [-0.25, -0.2) is 0 Å². The molecule has 86 valence electrons. The van der Waals surface area contributed by atoms with Gasteiger partial charge in [0.1, 0.15) is 5.82 Å². The minimum absolute atomic E-state index is 0.187. The third kappa shape index (κ3) is 2.86. The van der Waals surface area contributed by atoms with Crippen LogP contribution in [0.3, 0.4) is 0 Å². The van der Waals surface area contributed by atoms with Crippen LogP contribution < -0.4 is 11.1 Å². The molecule has 0 aliphatic carbocycles. The van der Waals surface area contributed by atoms with Crippen molar-refractivity contribution >= 4 is 11.5 Å². The molecule has 0 aromatic carbocycles. The summed E-state index contributed by atoms with van der Waals surface area (Å²) in [5.74, 6) is 0.854. The van der Waals surface area contributed by atoms with Gasteiger partial charge in [-0.05, 0) is 12.8 Å². The lowest BCUT2D eigenvalue weighted by Crippen LogP contribution is -2.08. The van der Waals surface area contributed by atoms with E-state index in [9.17, 15) is 0 Å². The predicted molar refractivity (Wildman–Crippen MR) is 61.8 cm³/mol. The van der Waals surface area contributed by atoms with Gasteiger partial charge in [0.05, 0.1) is 11.4 Å². The molecule has 0 atom stereocenters. The van der Waals surface area contributed by atoms with Gasteiger partial charge < -0.3 is 16.2 Å². The normalized spacial score (nSPS) is 10.6. The zero-order chi connectivity index (χ0) is 11.3. The van der Waals surface area contributed by atoms with E-state index in [0.29, 0.717) is 13.0 Å². The van der Waals surface area contributed by atoms with Crippen molar-refractivity contribution in [3.8, 4) is 0 Å². The fourth-order valence-corrected chi connectivity index (χ4v) is 1.51. The Morgan fingerprint density at radius 3 is 2.87 bits per heavy atom. The third-order valence-corrected chi connectivity index (χ3v) is 2.27. The second-order valence-corrected chi connectivity index (χ2v) is 3.59. The molecule has 0 aliphatic heterocycles. The highest BCUT2D eigenvalue weighted by Gasteiger charge is 2.11. The van der Waals surface area contributed by atoms with Crippen molar-refractivity contribution < 1.29 is 5.11 Å². The van der Waals surface area contributed by atoms with Crippen LogP contribution in [0.1, 0.15) is 25.5 Å². The summed E-state index contributed by atoms with van der Waals surface area (Å²) in [7, 11) is 1.87. The number of aryl methyl sites for hydroxylation is 2. The van der Waals surface area contributed by atoms with Crippen molar-refractivity contribution in [2.45, 2.75) is 26.2 Å². The molecule has 0 saturated carbocycles. The average molecular weight is 212 g/mol. The highest BCUT2D eigenvalue weighted by atomic mass is 16.3. The van der Waals surface area contributed by atoms with Crippen LogP contribution in [0.15, 0.2) is 0 Å². The Bertz CT molecular complexity index is 309. The molecule has 5 heteroatoms. The summed E-state index contributed by atoms with van der Waals surface area (Å²) < 4.78 is 1.76. The minimum atomic E-state index is 0.187. The molecular formula is C10H20N4O. The number of nitrogens with two attached hydrogens (primary N) is 1. The summed E-state index contributed by atoms with van der Waals surface area (Å²) in [5, 5.41) is 16.2. The van der Waals surface area contributed by atoms with Crippen LogP contribution in [-0.4, -0.2) is 28.0 Å². The lowest BCUT2D eigenvalue weighted by Gasteiger charge is -2.06. The minimum Gasteiger partial charge on any atom is -0.396 e. The first-order valence-corrected chi connectivity index (χ1v) is 5.36. The number of nitrogens with zero attached hydrogens (tertiary/aromatic N) is 2. The number of hydrogen-bond donors (Lipinski definition) is 3. The molecule has 0 saturated heterocycles. The van der Waals surface area contributed by atoms with Crippen molar-refractivity contribution in [2.75, 3.05) is 24.2 Å². The fourth-order valence-electron chi connectivity index (χ4n) is 1.51. The van der Waals surface area contributed by atoms with E-state index in [1.807, 2.05) is 7.05 Å². The lowest BCUT2D eigenvalue weighted by molar-refractivity contribution is 0.292. The van der Waals surface area contributed by atoms with Gasteiger partial charge in [0.15, 0.2) is 0 Å². The largest absolute Gasteiger partial charge is 0.396 e. The highest BCUT2D eigenvalue weighted by Crippen LogP contribution is 2.22. The van der Waals surface area contributed by atoms with Crippen LogP contribution in [0.4, 0.5) is 11.5 Å². The summed E-state index contributed by atoms with van der Waals surface area (Å²) in [6.45, 7) is 3.01. The number of nitrogens with one attached hydrogen (secondary N) is 1. The summed E-state index contributed by atoms with van der Waals surface area (Å²) in [4.78, 5) is 0. The molecule has 1 rings (SSSR count). The summed E-state index contributed by atoms with van der Waals surface area (Å²) in [5.41, 5.74) is 7.65. The zero-order valence-electron chi connectivity index (χ0n) is 9.45. The van der Waals surface area contributed by atoms with Crippen molar-refractivity contribution in [1.29, 1.82) is 0 Å². The van der Waals surface area contributed by atoms with E-state index >= 15 is 0 Å². The smallest absolute Gasteiger partial charge is 0.147 e. The molecule has 5 nitrogen and oxygen atoms in total. The van der Waals surface area contributed by atoms with Crippen molar-refractivity contribution in [2.24, 2.45) is 7.05 Å². The molecular weight excluding hydrogens is 192 g/mol. The maximum Gasteiger partial charge on any atom is 0.147 e. The first kappa shape index (κ1) is 11.8. The number of aliphatic hydroxyl groups is 1. The summed E-state index contributed by atoms with van der Waals surface area (Å²) >= 11 is 0. The van der Waals surface area contributed by atoms with Crippen LogP contribution in [0, 0.1) is 0 Å². The van der Waals surface area contributed by atoms with Crippen molar-refractivity contribution in [3.63, 3.8) is 0 Å². The van der Waals surface area contributed by atoms with Gasteiger partial charge in [-0.15, -0.1) is 0 Å². The van der Waals surface area contributed by atoms with E-state index in [1.165, 1.54) is 0 Å². The number of hydrogen-bond acceptors (Lipinski definition) is 4. The molecule has 0 unspecified atom stereocenters. The molecule has 1 heterocycles. The first-order valence-electron chi connectivity index (χ1n) is 5.36. The van der Waals surface area contributed by atoms with Gasteiger partial charge in [-0.1, -0.05) is 13.3 Å². The highest BCUT2D eigenvalue weighted by molar-refractivity contribution is 5.64. The quantitative estimate of drug-likeness (QED) is 0.608. The van der Waals surface area contributed by atoms with Crippen molar-refractivity contribution in [1.82, 2.24) is 9.78 Å². The third-order valence-electron chi connectivity index (χ3n) is 2.27. The number of aromatic nitrogens is 2. The average Bonchev–Trinajstić information content (AvgIpc) is 2.46. The Balaban J connectivity index is 2.69. The molecule has 0 aliphatic rings. The van der Waals surface area contributed by atoms with E-state index in [4.69, 9.17) is 10.8 Å². The van der Waals surface area contributed by atoms with Gasteiger partial charge in [0.25, 0.3) is 0 Å². The summed E-state index contributed by atoms with van der Waals surface area (Å²) in [6.07, 6.45) is 2.66. The van der Waals surface area contributed by atoms with Gasteiger partial charge in [0.2, 0.25) is 0 Å². The van der Waals surface area contributed by atoms with Gasteiger partial charge >= 0.3 is 0 Å². The molecule has 1 aromatic heterocycles. The molecule has 0 spiro atoms. The molecule has 1 aromatic rings. The van der Waals surface area contributed by atoms with Gasteiger partial charge in [-0.3, -0.25) is 4.68 Å². The topological polar surface area (TPSA) is 76.1 Å². The maximum absolute atomic E-state index is 8.68. The summed E-state index contributed by atoms with van der Waals surface area (Å²) in [6, 6.07) is 0. The molecule has 0 amide bonds. The molecule has 0 radical (unpaired) electrons. The first-order chi connectivity index (χ1) is 7.20. The SMILES string of the molecule is CCCc1nn(C)c(NCCCO)c1N. The Labute approximate surface area is 90.3 Å². The fraction of sp³-hybridized carbons (Fsp3) is 0.700. The number of rotatable bonds is 6. The maximum atomic E-state index is 8.68. The van der Waals surface area contributed by atoms with Crippen LogP contribution in [-0.2, 0) is 13.5 Å². The molecule has 4 N–H and O–H groups in total. The number of nitrogen functional groups attached to an aromatic ring is 1. The Hall–Kier alpha value is -1.23. The lowest BCUT2D eigenvalue weighted by atomic mass is 10.2. The van der Waals surface area contributed by atoms with Crippen LogP contribution in [0.2, 0.25) is 0 Å². The van der Waals surface area contributed by atoms with Crippen LogP contribution in [0.25, 0.3) is 0 Å². The Morgan fingerprint density at radius 1 is 1.53 bits per heavy atom. The molecule has 0 fully saturated rings. The van der Waals surface area contributed by atoms with E-state index < -0.39 is 0 Å². The van der Waals surface area contributed by atoms with Gasteiger partial charge in [-0.2, -0.15) is 5.10 Å². The van der Waals surface area contributed by atoms with Crippen LogP contribution in [0.5, 0.6) is 0 Å². The van der Waals surface area contributed by atoms with Crippen LogP contribution >= 0.6 is 0 Å². The standard InChI is InChI=1S/C10H20N4O/c1-3-5-8-9(11)10(14(2)13-8)12-6-4-7-15/h12,15H,3-7,11H2,1-2H3. The predicted octanol–water partition coefficient (Wildman–Crippen LogP) is 0.749. The molecule has 15 heavy (non-hydrogen) atoms. The zero-order valence-corrected chi connectivity index (χ0v) is 9.45. The monoisotopic (exact) mass is 212 g/mol. The Morgan fingerprint density at radius 2 is 2.27 bits per heavy atom.